The molecule has 0 saturated carbocycles. The molecule has 92 valence electrons. The normalized spacial score (nSPS) is 2.08. The topological polar surface area (TPSA) is 176 Å². The van der Waals surface area contributed by atoms with E-state index in [-0.39, 0.29) is 32.6 Å². The molecule has 0 aliphatic heterocycles. The van der Waals surface area contributed by atoms with Crippen LogP contribution < -0.4 is 18.5 Å². The number of halogens is 5. The van der Waals surface area contributed by atoms with Crippen LogP contribution in [0.4, 0.5) is 23.2 Å². The van der Waals surface area contributed by atoms with Crippen molar-refractivity contribution in [1.29, 1.82) is 0 Å². The van der Waals surface area contributed by atoms with Crippen LogP contribution in [-0.4, -0.2) is 10.6 Å². The predicted molar refractivity (Wildman–Crippen MR) is 34.3 cm³/mol. The summed E-state index contributed by atoms with van der Waals surface area (Å²) in [5, 5.41) is 13.7. The zero-order valence-electron chi connectivity index (χ0n) is 7.19. The van der Waals surface area contributed by atoms with Crippen LogP contribution in [0, 0.1) is 0 Å². The maximum atomic E-state index is 9.35. The summed E-state index contributed by atoms with van der Waals surface area (Å²) in [7, 11) is 0. The number of hydrogen-bond acceptors (Lipinski definition) is 4. The van der Waals surface area contributed by atoms with Gasteiger partial charge in [-0.25, -0.2) is 10.6 Å². The Labute approximate surface area is 81.8 Å². The summed E-state index contributed by atoms with van der Waals surface area (Å²) in [5.41, 5.74) is 0. The average Bonchev–Trinajstić information content (AvgIpc) is 1.78. The molecule has 13 heteroatoms. The van der Waals surface area contributed by atoms with Gasteiger partial charge in [0, 0.05) is 0 Å². The van der Waals surface area contributed by atoms with Gasteiger partial charge in [-0.05, 0) is 9.62 Å². The van der Waals surface area contributed by atoms with Crippen LogP contribution in [0.3, 0.4) is 0 Å². The molecule has 0 saturated heterocycles. The third-order valence-electron chi connectivity index (χ3n) is 0. The van der Waals surface area contributed by atoms with E-state index in [0.29, 0.717) is 0 Å². The van der Waals surface area contributed by atoms with Crippen molar-refractivity contribution in [2.24, 2.45) is 0 Å². The van der Waals surface area contributed by atoms with Crippen LogP contribution >= 0.6 is 0 Å². The molecule has 0 atom stereocenters. The van der Waals surface area contributed by atoms with Gasteiger partial charge in [0.1, 0.15) is 0 Å². The second kappa shape index (κ2) is 1670. The zero-order chi connectivity index (χ0) is 6.71. The van der Waals surface area contributed by atoms with Gasteiger partial charge in [-0.2, -0.15) is 0 Å². The zero-order valence-corrected chi connectivity index (χ0v) is 8.75. The molecule has 0 heterocycles. The quantitative estimate of drug-likeness (QED) is 0.194. The van der Waals surface area contributed by atoms with Crippen molar-refractivity contribution in [1.82, 2.24) is 18.5 Å². The molecule has 0 aromatic heterocycles. The van der Waals surface area contributed by atoms with Gasteiger partial charge in [0.05, 0.1) is 0 Å². The Kier molecular flexibility index (Phi) is 15300. The van der Waals surface area contributed by atoms with Gasteiger partial charge in [0.25, 0.3) is 0 Å². The van der Waals surface area contributed by atoms with Gasteiger partial charge >= 0.3 is 23.7 Å². The van der Waals surface area contributed by atoms with Crippen molar-refractivity contribution in [3.63, 3.8) is 0 Å². The Morgan fingerprint density at radius 3 is 0.923 bits per heavy atom. The van der Waals surface area contributed by atoms with Crippen LogP contribution in [0.1, 0.15) is 0 Å². The molecule has 0 rings (SSSR count). The van der Waals surface area contributed by atoms with Gasteiger partial charge in [-0.15, -0.1) is 0 Å². The fourth-order valence-corrected chi connectivity index (χ4v) is 0. The first kappa shape index (κ1) is 119. The predicted octanol–water partition coefficient (Wildman–Crippen LogP) is 1.69. The first-order valence-electron chi connectivity index (χ1n) is 0.710. The minimum absolute atomic E-state index is 0. The summed E-state index contributed by atoms with van der Waals surface area (Å²) < 4.78 is 26.1. The molecule has 0 aromatic carbocycles. The van der Waals surface area contributed by atoms with E-state index >= 15 is 0 Å². The summed E-state index contributed by atoms with van der Waals surface area (Å²) in [6, 6.07) is 0. The summed E-state index contributed by atoms with van der Waals surface area (Å²) in [5.74, 6) is 0. The summed E-state index contributed by atoms with van der Waals surface area (Å²) in [6.45, 7) is 0. The molecule has 13 heavy (non-hydrogen) atoms. The fraction of sp³-hybridized carbons (Fsp3) is 0. The van der Waals surface area contributed by atoms with Gasteiger partial charge in [-0.3, -0.25) is 14.1 Å². The summed E-state index contributed by atoms with van der Waals surface area (Å²) >= 11 is 0.750. The Morgan fingerprint density at radius 1 is 0.923 bits per heavy atom. The van der Waals surface area contributed by atoms with Crippen molar-refractivity contribution in [3.8, 4) is 0 Å². The Bertz CT molecular complexity index is 27.7. The van der Waals surface area contributed by atoms with E-state index in [2.05, 4.69) is 0 Å². The fourth-order valence-electron chi connectivity index (χ4n) is 0. The molecule has 0 bridgehead atoms. The summed E-state index contributed by atoms with van der Waals surface area (Å²) in [6.07, 6.45) is 0. The third-order valence-corrected chi connectivity index (χ3v) is 0. The number of rotatable bonds is 0. The van der Waals surface area contributed by atoms with Crippen molar-refractivity contribution < 1.29 is 62.6 Å². The molecule has 0 aromatic rings. The minimum atomic E-state index is 0. The number of quaternary nitrogens is 3. The van der Waals surface area contributed by atoms with Crippen LogP contribution in [0.2, 0.25) is 0 Å². The molecule has 0 fully saturated rings. The first-order chi connectivity index (χ1) is 3.41. The van der Waals surface area contributed by atoms with E-state index in [9.17, 15) is 4.53 Å². The molecule has 0 amide bonds. The Morgan fingerprint density at radius 2 is 0.923 bits per heavy atom. The van der Waals surface area contributed by atoms with Gasteiger partial charge in [-0.1, -0.05) is 4.53 Å². The molecular weight excluding hydrogens is 249 g/mol. The molecule has 0 aliphatic rings. The van der Waals surface area contributed by atoms with E-state index in [0.717, 1.165) is 20.4 Å². The van der Waals surface area contributed by atoms with Crippen LogP contribution in [0.15, 0.2) is 0 Å². The average molecular weight is 266 g/mol. The van der Waals surface area contributed by atoms with Gasteiger partial charge < -0.3 is 18.5 Å². The van der Waals surface area contributed by atoms with Crippen molar-refractivity contribution in [2.75, 3.05) is 0 Å². The van der Waals surface area contributed by atoms with Gasteiger partial charge in [0.2, 0.25) is 0 Å². The SMILES string of the molecule is F.F.F.OF.OOF.[NH4+].[NH4+].[NH4+].[O]=[Ti]. The summed E-state index contributed by atoms with van der Waals surface area (Å²) in [4.78, 5) is 0. The van der Waals surface area contributed by atoms with Crippen molar-refractivity contribution in [2.45, 2.75) is 0 Å². The van der Waals surface area contributed by atoms with Crippen LogP contribution in [-0.2, 0) is 28.8 Å². The van der Waals surface area contributed by atoms with E-state index in [1.165, 1.54) is 0 Å². The first-order valence-corrected chi connectivity index (χ1v) is 1.35. The van der Waals surface area contributed by atoms with E-state index < -0.39 is 0 Å². The van der Waals surface area contributed by atoms with E-state index in [4.69, 9.17) is 18.4 Å². The van der Waals surface area contributed by atoms with E-state index in [1.54, 1.807) is 5.09 Å². The molecule has 0 spiro atoms. The monoisotopic (exact) mass is 266 g/mol. The molecule has 0 aliphatic carbocycles. The third kappa shape index (κ3) is 205000. The second-order valence-electron chi connectivity index (χ2n) is 0.0690. The maximum absolute atomic E-state index is 9.35. The van der Waals surface area contributed by atoms with Gasteiger partial charge in [0.15, 0.2) is 0 Å². The standard InChI is InChI=1S/FHO2.FHO.3FH.3H3N.O.Ti/c1-3-2;1-2;;;;;;;;/h2H;2H;3*1H;3*1H3;;/p+3. The van der Waals surface area contributed by atoms with Crippen molar-refractivity contribution in [3.05, 3.63) is 0 Å². The van der Waals surface area contributed by atoms with Crippen LogP contribution in [0.5, 0.6) is 0 Å². The van der Waals surface area contributed by atoms with Crippen LogP contribution in [0.25, 0.3) is 0 Å². The Balaban J connectivity index is -0.00000000218. The molecular formula is H17F5N3O4Ti+3. The molecule has 0 unspecified atom stereocenters. The Hall–Kier alpha value is -0.0757. The van der Waals surface area contributed by atoms with E-state index in [1.807, 2.05) is 0 Å². The van der Waals surface area contributed by atoms with Crippen molar-refractivity contribution >= 4 is 0 Å². The molecule has 14 N–H and O–H groups in total. The number of hydrogen-bond donors (Lipinski definition) is 5. The second-order valence-corrected chi connectivity index (χ2v) is 0.0690. The molecule has 7 nitrogen and oxygen atoms in total. The molecule has 0 radical (unpaired) electrons.